The molecule has 1 aromatic rings. The van der Waals surface area contributed by atoms with Crippen LogP contribution in [0.3, 0.4) is 0 Å². The van der Waals surface area contributed by atoms with E-state index in [0.29, 0.717) is 0 Å². The highest BCUT2D eigenvalue weighted by Crippen LogP contribution is 2.07. The molecule has 0 saturated carbocycles. The van der Waals surface area contributed by atoms with E-state index in [0.717, 1.165) is 12.3 Å². The van der Waals surface area contributed by atoms with Gasteiger partial charge < -0.3 is 5.32 Å². The first-order chi connectivity index (χ1) is 7.58. The number of nitrogens with one attached hydrogen (secondary N) is 1. The fraction of sp³-hybridized carbons (Fsp3) is 0.111. The first-order valence-electron chi connectivity index (χ1n) is 4.27. The summed E-state index contributed by atoms with van der Waals surface area (Å²) < 4.78 is 25.5. The van der Waals surface area contributed by atoms with E-state index < -0.39 is 23.9 Å². The standard InChI is InChI=1S/C9H5F2N3O2/c10-5-3-4(1-2-12-5)7-13-8(15)6(11)9(16)14-7/h1-3,6H,(H,13,14,15,16). The number of halogens is 2. The van der Waals surface area contributed by atoms with Crippen LogP contribution < -0.4 is 5.32 Å². The summed E-state index contributed by atoms with van der Waals surface area (Å²) in [6.07, 6.45) is -1.15. The van der Waals surface area contributed by atoms with Gasteiger partial charge in [0.2, 0.25) is 5.95 Å². The molecule has 0 spiro atoms. The lowest BCUT2D eigenvalue weighted by molar-refractivity contribution is -0.134. The fourth-order valence-corrected chi connectivity index (χ4v) is 1.17. The maximum absolute atomic E-state index is 12.8. The van der Waals surface area contributed by atoms with E-state index in [1.165, 1.54) is 6.07 Å². The monoisotopic (exact) mass is 225 g/mol. The van der Waals surface area contributed by atoms with Gasteiger partial charge in [-0.3, -0.25) is 9.59 Å². The quantitative estimate of drug-likeness (QED) is 0.538. The Morgan fingerprint density at radius 2 is 2.12 bits per heavy atom. The molecule has 1 unspecified atom stereocenters. The van der Waals surface area contributed by atoms with Crippen molar-refractivity contribution >= 4 is 17.6 Å². The minimum Gasteiger partial charge on any atom is -0.307 e. The van der Waals surface area contributed by atoms with Crippen molar-refractivity contribution in [3.63, 3.8) is 0 Å². The number of hydrogen-bond acceptors (Lipinski definition) is 3. The van der Waals surface area contributed by atoms with E-state index >= 15 is 0 Å². The average molecular weight is 225 g/mol. The van der Waals surface area contributed by atoms with Gasteiger partial charge in [0.05, 0.1) is 0 Å². The molecule has 0 aromatic carbocycles. The Hall–Kier alpha value is -2.18. The second-order valence-electron chi connectivity index (χ2n) is 3.02. The van der Waals surface area contributed by atoms with Crippen LogP contribution in [-0.4, -0.2) is 28.8 Å². The van der Waals surface area contributed by atoms with E-state index in [1.54, 1.807) is 0 Å². The molecule has 2 rings (SSSR count). The summed E-state index contributed by atoms with van der Waals surface area (Å²) in [6, 6.07) is 2.32. The van der Waals surface area contributed by atoms with E-state index in [1.807, 2.05) is 0 Å². The van der Waals surface area contributed by atoms with Gasteiger partial charge in [-0.1, -0.05) is 0 Å². The topological polar surface area (TPSA) is 71.4 Å². The number of nitrogens with zero attached hydrogens (tertiary/aromatic N) is 2. The Balaban J connectivity index is 2.39. The summed E-state index contributed by atoms with van der Waals surface area (Å²) in [6.45, 7) is 0. The van der Waals surface area contributed by atoms with Crippen LogP contribution in [0.2, 0.25) is 0 Å². The van der Waals surface area contributed by atoms with Crippen LogP contribution in [0.4, 0.5) is 8.78 Å². The lowest BCUT2D eigenvalue weighted by Gasteiger charge is -2.14. The Labute approximate surface area is 88.2 Å². The lowest BCUT2D eigenvalue weighted by atomic mass is 10.2. The summed E-state index contributed by atoms with van der Waals surface area (Å²) in [5.74, 6) is -3.27. The molecule has 0 radical (unpaired) electrons. The summed E-state index contributed by atoms with van der Waals surface area (Å²) >= 11 is 0. The van der Waals surface area contributed by atoms with E-state index in [9.17, 15) is 18.4 Å². The zero-order valence-electron chi connectivity index (χ0n) is 7.78. The van der Waals surface area contributed by atoms with Crippen molar-refractivity contribution in [2.75, 3.05) is 0 Å². The van der Waals surface area contributed by atoms with E-state index in [4.69, 9.17) is 0 Å². The van der Waals surface area contributed by atoms with Gasteiger partial charge in [-0.2, -0.15) is 9.38 Å². The smallest absolute Gasteiger partial charge is 0.292 e. The van der Waals surface area contributed by atoms with Gasteiger partial charge in [0.1, 0.15) is 5.84 Å². The fourth-order valence-electron chi connectivity index (χ4n) is 1.17. The first-order valence-corrected chi connectivity index (χ1v) is 4.27. The van der Waals surface area contributed by atoms with Crippen molar-refractivity contribution in [1.29, 1.82) is 0 Å². The molecule has 82 valence electrons. The van der Waals surface area contributed by atoms with Gasteiger partial charge in [-0.25, -0.2) is 9.37 Å². The van der Waals surface area contributed by atoms with Gasteiger partial charge in [0, 0.05) is 17.8 Å². The molecular formula is C9H5F2N3O2. The Bertz CT molecular complexity index is 501. The van der Waals surface area contributed by atoms with Crippen molar-refractivity contribution in [3.05, 3.63) is 29.8 Å². The Morgan fingerprint density at radius 1 is 1.38 bits per heavy atom. The molecule has 2 amide bonds. The van der Waals surface area contributed by atoms with Crippen molar-refractivity contribution in [1.82, 2.24) is 10.3 Å². The molecule has 1 aliphatic heterocycles. The van der Waals surface area contributed by atoms with E-state index in [-0.39, 0.29) is 11.4 Å². The van der Waals surface area contributed by atoms with Crippen LogP contribution in [0.5, 0.6) is 0 Å². The molecule has 2 heterocycles. The maximum atomic E-state index is 12.8. The highest BCUT2D eigenvalue weighted by Gasteiger charge is 2.32. The average Bonchev–Trinajstić information content (AvgIpc) is 2.25. The predicted octanol–water partition coefficient (Wildman–Crippen LogP) is -0.0382. The van der Waals surface area contributed by atoms with Crippen molar-refractivity contribution in [3.8, 4) is 0 Å². The minimum absolute atomic E-state index is 0.154. The lowest BCUT2D eigenvalue weighted by Crippen LogP contribution is -2.45. The molecule has 0 saturated heterocycles. The maximum Gasteiger partial charge on any atom is 0.292 e. The number of hydrogen-bond donors (Lipinski definition) is 1. The van der Waals surface area contributed by atoms with Gasteiger partial charge >= 0.3 is 0 Å². The summed E-state index contributed by atoms with van der Waals surface area (Å²) in [5, 5.41) is 2.06. The van der Waals surface area contributed by atoms with Crippen LogP contribution >= 0.6 is 0 Å². The molecule has 1 N–H and O–H groups in total. The van der Waals surface area contributed by atoms with Crippen LogP contribution in [0, 0.1) is 5.95 Å². The molecule has 7 heteroatoms. The Morgan fingerprint density at radius 3 is 2.75 bits per heavy atom. The van der Waals surface area contributed by atoms with Crippen LogP contribution in [0.25, 0.3) is 0 Å². The molecule has 0 bridgehead atoms. The molecule has 1 aliphatic rings. The predicted molar refractivity (Wildman–Crippen MR) is 48.8 cm³/mol. The third kappa shape index (κ3) is 1.79. The number of carbonyl (C=O) groups excluding carboxylic acids is 2. The molecule has 5 nitrogen and oxygen atoms in total. The molecular weight excluding hydrogens is 220 g/mol. The highest BCUT2D eigenvalue weighted by molar-refractivity contribution is 6.22. The van der Waals surface area contributed by atoms with E-state index in [2.05, 4.69) is 15.3 Å². The molecule has 16 heavy (non-hydrogen) atoms. The van der Waals surface area contributed by atoms with Gasteiger partial charge in [-0.05, 0) is 6.07 Å². The molecule has 1 aromatic heterocycles. The zero-order chi connectivity index (χ0) is 11.7. The zero-order valence-corrected chi connectivity index (χ0v) is 7.78. The summed E-state index contributed by atoms with van der Waals surface area (Å²) in [7, 11) is 0. The number of aromatic nitrogens is 1. The number of aliphatic imine (C=N–C) groups is 1. The van der Waals surface area contributed by atoms with Gasteiger partial charge in [-0.15, -0.1) is 0 Å². The SMILES string of the molecule is O=C1N=C(c2ccnc(F)c2)NC(=O)C1F. The van der Waals surface area contributed by atoms with Gasteiger partial charge in [0.25, 0.3) is 18.0 Å². The number of rotatable bonds is 1. The second kappa shape index (κ2) is 3.76. The number of alkyl halides is 1. The van der Waals surface area contributed by atoms with Crippen molar-refractivity contribution in [2.45, 2.75) is 6.17 Å². The number of amides is 2. The van der Waals surface area contributed by atoms with Crippen LogP contribution in [0.1, 0.15) is 5.56 Å². The van der Waals surface area contributed by atoms with Crippen molar-refractivity contribution in [2.24, 2.45) is 4.99 Å². The van der Waals surface area contributed by atoms with Crippen molar-refractivity contribution < 1.29 is 18.4 Å². The summed E-state index contributed by atoms with van der Waals surface area (Å²) in [4.78, 5) is 28.5. The Kier molecular flexibility index (Phi) is 2.43. The molecule has 1 atom stereocenters. The van der Waals surface area contributed by atoms with Crippen LogP contribution in [-0.2, 0) is 9.59 Å². The molecule has 0 fully saturated rings. The third-order valence-electron chi connectivity index (χ3n) is 1.91. The highest BCUT2D eigenvalue weighted by atomic mass is 19.1. The second-order valence-corrected chi connectivity index (χ2v) is 3.02. The third-order valence-corrected chi connectivity index (χ3v) is 1.91. The van der Waals surface area contributed by atoms with Crippen LogP contribution in [0.15, 0.2) is 23.3 Å². The normalized spacial score (nSPS) is 20.4. The minimum atomic E-state index is -2.30. The number of amidine groups is 1. The first kappa shape index (κ1) is 10.3. The largest absolute Gasteiger partial charge is 0.307 e. The number of pyridine rings is 1. The summed E-state index contributed by atoms with van der Waals surface area (Å²) in [5.41, 5.74) is 0.154. The van der Waals surface area contributed by atoms with Gasteiger partial charge in [0.15, 0.2) is 0 Å². The number of carbonyl (C=O) groups is 2. The molecule has 0 aliphatic carbocycles.